The van der Waals surface area contributed by atoms with Crippen LogP contribution in [0, 0.1) is 0 Å². The van der Waals surface area contributed by atoms with Gasteiger partial charge in [-0.25, -0.2) is 4.79 Å². The molecule has 0 bridgehead atoms. The molecule has 0 atom stereocenters. The molecule has 0 aromatic heterocycles. The van der Waals surface area contributed by atoms with E-state index in [-0.39, 0.29) is 13.2 Å². The summed E-state index contributed by atoms with van der Waals surface area (Å²) in [5.74, 6) is 0. The fraction of sp³-hybridized carbons (Fsp3) is 0.133. The van der Waals surface area contributed by atoms with Crippen molar-refractivity contribution in [1.82, 2.24) is 0 Å². The van der Waals surface area contributed by atoms with Crippen LogP contribution in [0.3, 0.4) is 0 Å². The summed E-state index contributed by atoms with van der Waals surface area (Å²) < 4.78 is 5.09. The van der Waals surface area contributed by atoms with Gasteiger partial charge in [0.05, 0.1) is 6.61 Å². The molecule has 2 N–H and O–H groups in total. The minimum atomic E-state index is -0.499. The van der Waals surface area contributed by atoms with Crippen molar-refractivity contribution in [2.45, 2.75) is 13.2 Å². The van der Waals surface area contributed by atoms with E-state index in [1.807, 2.05) is 30.3 Å². The molecule has 0 aliphatic heterocycles. The van der Waals surface area contributed by atoms with Crippen molar-refractivity contribution >= 4 is 11.8 Å². The zero-order valence-corrected chi connectivity index (χ0v) is 10.4. The van der Waals surface area contributed by atoms with Crippen LogP contribution in [0.1, 0.15) is 11.1 Å². The highest BCUT2D eigenvalue weighted by atomic mass is 16.5. The summed E-state index contributed by atoms with van der Waals surface area (Å²) in [6, 6.07) is 16.4. The summed E-state index contributed by atoms with van der Waals surface area (Å²) in [6.07, 6.45) is -0.499. The zero-order chi connectivity index (χ0) is 13.5. The third kappa shape index (κ3) is 4.12. The number of nitrogens with one attached hydrogen (secondary N) is 1. The second-order valence-corrected chi connectivity index (χ2v) is 4.04. The quantitative estimate of drug-likeness (QED) is 0.885. The van der Waals surface area contributed by atoms with Gasteiger partial charge < -0.3 is 9.84 Å². The molecule has 4 heteroatoms. The van der Waals surface area contributed by atoms with Crippen LogP contribution in [0.4, 0.5) is 10.5 Å². The smallest absolute Gasteiger partial charge is 0.411 e. The number of amides is 1. The average Bonchev–Trinajstić information content (AvgIpc) is 2.47. The maximum atomic E-state index is 11.6. The lowest BCUT2D eigenvalue weighted by Gasteiger charge is -2.07. The van der Waals surface area contributed by atoms with E-state index in [4.69, 9.17) is 9.84 Å². The third-order valence-corrected chi connectivity index (χ3v) is 2.60. The van der Waals surface area contributed by atoms with Crippen LogP contribution in [0.15, 0.2) is 54.6 Å². The molecule has 2 aromatic rings. The van der Waals surface area contributed by atoms with Gasteiger partial charge in [-0.1, -0.05) is 42.5 Å². The van der Waals surface area contributed by atoms with E-state index in [1.54, 1.807) is 24.3 Å². The first-order valence-corrected chi connectivity index (χ1v) is 5.95. The van der Waals surface area contributed by atoms with Gasteiger partial charge in [-0.2, -0.15) is 0 Å². The third-order valence-electron chi connectivity index (χ3n) is 2.60. The molecule has 1 amide bonds. The van der Waals surface area contributed by atoms with Crippen LogP contribution in [0.2, 0.25) is 0 Å². The number of aliphatic hydroxyl groups is 1. The van der Waals surface area contributed by atoms with Crippen molar-refractivity contribution in [2.24, 2.45) is 0 Å². The molecule has 0 aliphatic carbocycles. The number of anilines is 1. The molecule has 0 heterocycles. The fourth-order valence-electron chi connectivity index (χ4n) is 1.57. The van der Waals surface area contributed by atoms with Crippen molar-refractivity contribution < 1.29 is 14.6 Å². The Labute approximate surface area is 111 Å². The van der Waals surface area contributed by atoms with Gasteiger partial charge in [0.1, 0.15) is 6.61 Å². The molecular formula is C15H15NO3. The molecular weight excluding hydrogens is 242 g/mol. The van der Waals surface area contributed by atoms with Gasteiger partial charge in [-0.15, -0.1) is 0 Å². The molecule has 98 valence electrons. The highest BCUT2D eigenvalue weighted by molar-refractivity contribution is 5.84. The van der Waals surface area contributed by atoms with E-state index in [0.717, 1.165) is 11.1 Å². The van der Waals surface area contributed by atoms with E-state index in [1.165, 1.54) is 0 Å². The molecule has 0 spiro atoms. The van der Waals surface area contributed by atoms with Crippen LogP contribution in [-0.2, 0) is 18.0 Å². The van der Waals surface area contributed by atoms with E-state index in [2.05, 4.69) is 5.32 Å². The molecule has 0 saturated carbocycles. The molecule has 0 saturated heterocycles. The van der Waals surface area contributed by atoms with Crippen LogP contribution >= 0.6 is 0 Å². The van der Waals surface area contributed by atoms with E-state index in [9.17, 15) is 4.79 Å². The summed E-state index contributed by atoms with van der Waals surface area (Å²) in [4.78, 5) is 11.6. The Balaban J connectivity index is 1.83. The average molecular weight is 257 g/mol. The number of rotatable bonds is 4. The van der Waals surface area contributed by atoms with Crippen molar-refractivity contribution in [3.63, 3.8) is 0 Å². The fourth-order valence-corrected chi connectivity index (χ4v) is 1.57. The molecule has 0 unspecified atom stereocenters. The van der Waals surface area contributed by atoms with E-state index in [0.29, 0.717) is 5.69 Å². The Kier molecular flexibility index (Phi) is 4.53. The first-order valence-electron chi connectivity index (χ1n) is 5.95. The second-order valence-electron chi connectivity index (χ2n) is 4.04. The Hall–Kier alpha value is -2.33. The summed E-state index contributed by atoms with van der Waals surface area (Å²) in [5.41, 5.74) is 2.37. The first kappa shape index (κ1) is 13.1. The summed E-state index contributed by atoms with van der Waals surface area (Å²) >= 11 is 0. The van der Waals surface area contributed by atoms with Gasteiger partial charge in [0.25, 0.3) is 0 Å². The summed E-state index contributed by atoms with van der Waals surface area (Å²) in [6.45, 7) is 0.222. The van der Waals surface area contributed by atoms with Crippen LogP contribution in [-0.4, -0.2) is 11.2 Å². The van der Waals surface area contributed by atoms with Gasteiger partial charge in [0.15, 0.2) is 0 Å². The summed E-state index contributed by atoms with van der Waals surface area (Å²) in [5, 5.41) is 11.5. The first-order chi connectivity index (χ1) is 9.28. The molecule has 2 aromatic carbocycles. The minimum Gasteiger partial charge on any atom is -0.444 e. The monoisotopic (exact) mass is 257 g/mol. The Morgan fingerprint density at radius 3 is 2.32 bits per heavy atom. The number of ether oxygens (including phenoxy) is 1. The number of carbonyl (C=O) groups is 1. The van der Waals surface area contributed by atoms with Crippen LogP contribution in [0.25, 0.3) is 0 Å². The van der Waals surface area contributed by atoms with E-state index < -0.39 is 6.09 Å². The van der Waals surface area contributed by atoms with Crippen molar-refractivity contribution in [1.29, 1.82) is 0 Å². The van der Waals surface area contributed by atoms with Crippen molar-refractivity contribution in [3.05, 3.63) is 65.7 Å². The Morgan fingerprint density at radius 2 is 1.68 bits per heavy atom. The number of hydrogen-bond donors (Lipinski definition) is 2. The van der Waals surface area contributed by atoms with Gasteiger partial charge in [-0.3, -0.25) is 5.32 Å². The molecule has 0 radical (unpaired) electrons. The Morgan fingerprint density at radius 1 is 1.00 bits per heavy atom. The SMILES string of the molecule is O=C(Nc1ccc(CO)cc1)OCc1ccccc1. The molecule has 2 rings (SSSR count). The normalized spacial score (nSPS) is 9.95. The lowest BCUT2D eigenvalue weighted by molar-refractivity contribution is 0.155. The molecule has 0 aliphatic rings. The highest BCUT2D eigenvalue weighted by Crippen LogP contribution is 2.10. The number of aliphatic hydroxyl groups excluding tert-OH is 1. The predicted octanol–water partition coefficient (Wildman–Crippen LogP) is 2.93. The minimum absolute atomic E-state index is 0.0151. The van der Waals surface area contributed by atoms with Gasteiger partial charge in [-0.05, 0) is 23.3 Å². The lowest BCUT2D eigenvalue weighted by atomic mass is 10.2. The predicted molar refractivity (Wildman–Crippen MR) is 72.6 cm³/mol. The number of hydrogen-bond acceptors (Lipinski definition) is 3. The highest BCUT2D eigenvalue weighted by Gasteiger charge is 2.03. The van der Waals surface area contributed by atoms with Crippen molar-refractivity contribution in [2.75, 3.05) is 5.32 Å². The Bertz CT molecular complexity index is 523. The topological polar surface area (TPSA) is 58.6 Å². The van der Waals surface area contributed by atoms with Crippen LogP contribution < -0.4 is 5.32 Å². The summed E-state index contributed by atoms with van der Waals surface area (Å²) in [7, 11) is 0. The van der Waals surface area contributed by atoms with Crippen LogP contribution in [0.5, 0.6) is 0 Å². The number of carbonyl (C=O) groups excluding carboxylic acids is 1. The maximum Gasteiger partial charge on any atom is 0.411 e. The molecule has 4 nitrogen and oxygen atoms in total. The lowest BCUT2D eigenvalue weighted by Crippen LogP contribution is -2.13. The zero-order valence-electron chi connectivity index (χ0n) is 10.4. The standard InChI is InChI=1S/C15H15NO3/c17-10-12-6-8-14(9-7-12)16-15(18)19-11-13-4-2-1-3-5-13/h1-9,17H,10-11H2,(H,16,18). The molecule has 0 fully saturated rings. The van der Waals surface area contributed by atoms with Gasteiger partial charge in [0.2, 0.25) is 0 Å². The number of benzene rings is 2. The molecule has 19 heavy (non-hydrogen) atoms. The van der Waals surface area contributed by atoms with E-state index >= 15 is 0 Å². The second kappa shape index (κ2) is 6.56. The maximum absolute atomic E-state index is 11.6. The largest absolute Gasteiger partial charge is 0.444 e. The van der Waals surface area contributed by atoms with Gasteiger partial charge >= 0.3 is 6.09 Å². The van der Waals surface area contributed by atoms with Gasteiger partial charge in [0, 0.05) is 5.69 Å². The van der Waals surface area contributed by atoms with Crippen molar-refractivity contribution in [3.8, 4) is 0 Å².